The van der Waals surface area contributed by atoms with Crippen LogP contribution in [0.4, 0.5) is 10.5 Å². The van der Waals surface area contributed by atoms with Crippen LogP contribution in [0.25, 0.3) is 0 Å². The molecule has 1 unspecified atom stereocenters. The Morgan fingerprint density at radius 2 is 1.95 bits per heavy atom. The molecule has 0 aromatic heterocycles. The van der Waals surface area contributed by atoms with Crippen LogP contribution in [0.15, 0.2) is 48.5 Å². The molecule has 116 valence electrons. The summed E-state index contributed by atoms with van der Waals surface area (Å²) in [5, 5.41) is 15.6. The van der Waals surface area contributed by atoms with Crippen LogP contribution in [0.5, 0.6) is 0 Å². The average molecular weight is 319 g/mol. The van der Waals surface area contributed by atoms with E-state index in [4.69, 9.17) is 11.6 Å². The van der Waals surface area contributed by atoms with Gasteiger partial charge in [0.05, 0.1) is 12.6 Å². The van der Waals surface area contributed by atoms with E-state index in [0.717, 1.165) is 11.1 Å². The quantitative estimate of drug-likeness (QED) is 0.791. The highest BCUT2D eigenvalue weighted by Crippen LogP contribution is 2.19. The lowest BCUT2D eigenvalue weighted by atomic mass is 10.1. The Morgan fingerprint density at radius 1 is 1.23 bits per heavy atom. The SMILES string of the molecule is Cc1cc(Cl)ccc1NC(=O)NC(CO)Cc1ccccc1. The zero-order valence-electron chi connectivity index (χ0n) is 12.3. The monoisotopic (exact) mass is 318 g/mol. The number of halogens is 1. The summed E-state index contributed by atoms with van der Waals surface area (Å²) in [6.45, 7) is 1.75. The largest absolute Gasteiger partial charge is 0.394 e. The number of aliphatic hydroxyl groups is 1. The highest BCUT2D eigenvalue weighted by Gasteiger charge is 2.12. The standard InChI is InChI=1S/C17H19ClN2O2/c1-12-9-14(18)7-8-16(12)20-17(22)19-15(11-21)10-13-5-3-2-4-6-13/h2-9,15,21H,10-11H2,1H3,(H2,19,20,22). The first kappa shape index (κ1) is 16.3. The minimum absolute atomic E-state index is 0.123. The first-order valence-corrected chi connectivity index (χ1v) is 7.44. The van der Waals surface area contributed by atoms with Crippen molar-refractivity contribution in [2.24, 2.45) is 0 Å². The van der Waals surface area contributed by atoms with Gasteiger partial charge in [-0.15, -0.1) is 0 Å². The predicted octanol–water partition coefficient (Wildman–Crippen LogP) is 3.37. The van der Waals surface area contributed by atoms with Crippen LogP contribution in [0.1, 0.15) is 11.1 Å². The van der Waals surface area contributed by atoms with Crippen LogP contribution in [0, 0.1) is 6.92 Å². The summed E-state index contributed by atoms with van der Waals surface area (Å²) in [7, 11) is 0. The van der Waals surface area contributed by atoms with E-state index >= 15 is 0 Å². The van der Waals surface area contributed by atoms with Gasteiger partial charge in [-0.25, -0.2) is 4.79 Å². The Balaban J connectivity index is 1.94. The molecule has 1 atom stereocenters. The van der Waals surface area contributed by atoms with Gasteiger partial charge in [0.2, 0.25) is 0 Å². The molecule has 0 aliphatic heterocycles. The number of anilines is 1. The topological polar surface area (TPSA) is 61.4 Å². The van der Waals surface area contributed by atoms with Gasteiger partial charge in [-0.05, 0) is 42.7 Å². The van der Waals surface area contributed by atoms with E-state index in [0.29, 0.717) is 17.1 Å². The van der Waals surface area contributed by atoms with E-state index in [1.807, 2.05) is 37.3 Å². The summed E-state index contributed by atoms with van der Waals surface area (Å²) in [5.41, 5.74) is 2.63. The highest BCUT2D eigenvalue weighted by atomic mass is 35.5. The molecule has 0 saturated carbocycles. The Kier molecular flexibility index (Phi) is 5.81. The third-order valence-electron chi connectivity index (χ3n) is 3.32. The Morgan fingerprint density at radius 3 is 2.59 bits per heavy atom. The molecule has 0 spiro atoms. The highest BCUT2D eigenvalue weighted by molar-refractivity contribution is 6.30. The van der Waals surface area contributed by atoms with Crippen LogP contribution < -0.4 is 10.6 Å². The van der Waals surface area contributed by atoms with Gasteiger partial charge in [0.1, 0.15) is 0 Å². The number of aliphatic hydroxyl groups excluding tert-OH is 1. The minimum atomic E-state index is -0.347. The fourth-order valence-corrected chi connectivity index (χ4v) is 2.40. The number of rotatable bonds is 5. The first-order chi connectivity index (χ1) is 10.6. The Bertz CT molecular complexity index is 632. The van der Waals surface area contributed by atoms with Crippen molar-refractivity contribution in [1.29, 1.82) is 0 Å². The molecule has 4 nitrogen and oxygen atoms in total. The number of amides is 2. The van der Waals surface area contributed by atoms with Crippen molar-refractivity contribution in [1.82, 2.24) is 5.32 Å². The molecule has 0 radical (unpaired) electrons. The number of aryl methyl sites for hydroxylation is 1. The lowest BCUT2D eigenvalue weighted by Crippen LogP contribution is -2.41. The number of hydrogen-bond acceptors (Lipinski definition) is 2. The van der Waals surface area contributed by atoms with Crippen molar-refractivity contribution in [3.8, 4) is 0 Å². The molecule has 2 aromatic carbocycles. The van der Waals surface area contributed by atoms with Gasteiger partial charge in [-0.3, -0.25) is 0 Å². The van der Waals surface area contributed by atoms with Crippen molar-refractivity contribution >= 4 is 23.3 Å². The maximum atomic E-state index is 12.0. The molecule has 2 amide bonds. The number of carbonyl (C=O) groups is 1. The zero-order chi connectivity index (χ0) is 15.9. The normalized spacial score (nSPS) is 11.8. The van der Waals surface area contributed by atoms with Gasteiger partial charge in [-0.1, -0.05) is 41.9 Å². The Labute approximate surface area is 135 Å². The molecule has 2 aromatic rings. The molecule has 5 heteroatoms. The van der Waals surface area contributed by atoms with Crippen molar-refractivity contribution in [3.05, 3.63) is 64.7 Å². The van der Waals surface area contributed by atoms with E-state index in [-0.39, 0.29) is 18.7 Å². The van der Waals surface area contributed by atoms with E-state index < -0.39 is 0 Å². The van der Waals surface area contributed by atoms with Crippen molar-refractivity contribution in [2.45, 2.75) is 19.4 Å². The lowest BCUT2D eigenvalue weighted by Gasteiger charge is -2.17. The second kappa shape index (κ2) is 7.82. The van der Waals surface area contributed by atoms with Crippen LogP contribution in [0.2, 0.25) is 5.02 Å². The summed E-state index contributed by atoms with van der Waals surface area (Å²) >= 11 is 5.89. The molecular formula is C17H19ClN2O2. The van der Waals surface area contributed by atoms with E-state index in [9.17, 15) is 9.90 Å². The second-order valence-electron chi connectivity index (χ2n) is 5.13. The maximum Gasteiger partial charge on any atom is 0.319 e. The number of hydrogen-bond donors (Lipinski definition) is 3. The smallest absolute Gasteiger partial charge is 0.319 e. The van der Waals surface area contributed by atoms with Crippen LogP contribution in [-0.2, 0) is 6.42 Å². The van der Waals surface area contributed by atoms with Gasteiger partial charge >= 0.3 is 6.03 Å². The molecule has 0 heterocycles. The second-order valence-corrected chi connectivity index (χ2v) is 5.56. The molecule has 2 rings (SSSR count). The summed E-state index contributed by atoms with van der Waals surface area (Å²) in [5.74, 6) is 0. The molecule has 0 fully saturated rings. The molecule has 0 saturated heterocycles. The van der Waals surface area contributed by atoms with Gasteiger partial charge in [0.25, 0.3) is 0 Å². The number of carbonyl (C=O) groups excluding carboxylic acids is 1. The first-order valence-electron chi connectivity index (χ1n) is 7.07. The van der Waals surface area contributed by atoms with Crippen molar-refractivity contribution < 1.29 is 9.90 Å². The van der Waals surface area contributed by atoms with Gasteiger partial charge in [-0.2, -0.15) is 0 Å². The summed E-state index contributed by atoms with van der Waals surface area (Å²) in [6, 6.07) is 14.3. The fourth-order valence-electron chi connectivity index (χ4n) is 2.17. The zero-order valence-corrected chi connectivity index (χ0v) is 13.1. The molecule has 3 N–H and O–H groups in total. The number of urea groups is 1. The summed E-state index contributed by atoms with van der Waals surface area (Å²) in [4.78, 5) is 12.0. The van der Waals surface area contributed by atoms with E-state index in [1.54, 1.807) is 18.2 Å². The van der Waals surface area contributed by atoms with Gasteiger partial charge < -0.3 is 15.7 Å². The van der Waals surface area contributed by atoms with Gasteiger partial charge in [0.15, 0.2) is 0 Å². The van der Waals surface area contributed by atoms with Crippen LogP contribution in [0.3, 0.4) is 0 Å². The van der Waals surface area contributed by atoms with Crippen LogP contribution in [-0.4, -0.2) is 23.8 Å². The Hall–Kier alpha value is -2.04. The lowest BCUT2D eigenvalue weighted by molar-refractivity contribution is 0.224. The predicted molar refractivity (Wildman–Crippen MR) is 89.4 cm³/mol. The number of nitrogens with one attached hydrogen (secondary N) is 2. The van der Waals surface area contributed by atoms with E-state index in [2.05, 4.69) is 10.6 Å². The van der Waals surface area contributed by atoms with Gasteiger partial charge in [0, 0.05) is 10.7 Å². The summed E-state index contributed by atoms with van der Waals surface area (Å²) < 4.78 is 0. The molecule has 0 bridgehead atoms. The third kappa shape index (κ3) is 4.76. The molecule has 0 aliphatic carbocycles. The van der Waals surface area contributed by atoms with Crippen molar-refractivity contribution in [3.63, 3.8) is 0 Å². The van der Waals surface area contributed by atoms with E-state index in [1.165, 1.54) is 0 Å². The molecule has 0 aliphatic rings. The van der Waals surface area contributed by atoms with Crippen molar-refractivity contribution in [2.75, 3.05) is 11.9 Å². The molecular weight excluding hydrogens is 300 g/mol. The minimum Gasteiger partial charge on any atom is -0.394 e. The average Bonchev–Trinajstić information content (AvgIpc) is 2.50. The molecule has 22 heavy (non-hydrogen) atoms. The maximum absolute atomic E-state index is 12.0. The third-order valence-corrected chi connectivity index (χ3v) is 3.55. The van der Waals surface area contributed by atoms with Crippen LogP contribution >= 0.6 is 11.6 Å². The number of benzene rings is 2. The summed E-state index contributed by atoms with van der Waals surface area (Å²) in [6.07, 6.45) is 0.574. The fraction of sp³-hybridized carbons (Fsp3) is 0.235.